The van der Waals surface area contributed by atoms with Gasteiger partial charge in [-0.25, -0.2) is 0 Å². The van der Waals surface area contributed by atoms with Gasteiger partial charge in [0.25, 0.3) is 0 Å². The Kier molecular flexibility index (Phi) is 4.30. The maximum Gasteiger partial charge on any atom is 0.147 e. The average molecular weight is 224 g/mol. The fourth-order valence-electron chi connectivity index (χ4n) is 1.99. The van der Waals surface area contributed by atoms with Gasteiger partial charge in [-0.3, -0.25) is 0 Å². The van der Waals surface area contributed by atoms with Crippen LogP contribution < -0.4 is 5.32 Å². The van der Waals surface area contributed by atoms with E-state index >= 15 is 0 Å². The number of rotatable bonds is 6. The van der Waals surface area contributed by atoms with Gasteiger partial charge in [0.1, 0.15) is 11.6 Å². The summed E-state index contributed by atoms with van der Waals surface area (Å²) in [5, 5.41) is 11.8. The lowest BCUT2D eigenvalue weighted by atomic mass is 10.2. The van der Waals surface area contributed by atoms with Crippen molar-refractivity contribution < 1.29 is 4.74 Å². The summed E-state index contributed by atoms with van der Waals surface area (Å²) < 4.78 is 7.51. The number of ether oxygens (including phenoxy) is 1. The zero-order valence-corrected chi connectivity index (χ0v) is 9.91. The molecule has 5 nitrogen and oxygen atoms in total. The fraction of sp³-hybridized carbons (Fsp3) is 0.818. The van der Waals surface area contributed by atoms with E-state index in [4.69, 9.17) is 4.74 Å². The van der Waals surface area contributed by atoms with E-state index in [1.165, 1.54) is 12.8 Å². The largest absolute Gasteiger partial charge is 0.380 e. The highest BCUT2D eigenvalue weighted by molar-refractivity contribution is 4.98. The molecule has 1 aromatic rings. The second kappa shape index (κ2) is 5.96. The van der Waals surface area contributed by atoms with Crippen molar-refractivity contribution in [2.45, 2.75) is 39.3 Å². The molecule has 0 unspecified atom stereocenters. The Morgan fingerprint density at radius 2 is 2.31 bits per heavy atom. The number of nitrogens with zero attached hydrogens (tertiary/aromatic N) is 3. The first-order chi connectivity index (χ1) is 7.92. The summed E-state index contributed by atoms with van der Waals surface area (Å²) in [6.45, 7) is 6.29. The molecule has 0 saturated heterocycles. The molecule has 90 valence electrons. The topological polar surface area (TPSA) is 52.0 Å². The molecule has 0 amide bonds. The van der Waals surface area contributed by atoms with Crippen LogP contribution >= 0.6 is 0 Å². The van der Waals surface area contributed by atoms with E-state index in [2.05, 4.69) is 20.1 Å². The number of aryl methyl sites for hydroxylation is 1. The first-order valence-corrected chi connectivity index (χ1v) is 6.11. The second-order valence-electron chi connectivity index (χ2n) is 4.01. The van der Waals surface area contributed by atoms with Crippen LogP contribution in [0.25, 0.3) is 0 Å². The Morgan fingerprint density at radius 1 is 1.38 bits per heavy atom. The molecule has 2 rings (SSSR count). The Morgan fingerprint density at radius 3 is 3.19 bits per heavy atom. The van der Waals surface area contributed by atoms with Crippen molar-refractivity contribution in [3.05, 3.63) is 11.6 Å². The van der Waals surface area contributed by atoms with Crippen molar-refractivity contribution in [3.8, 4) is 0 Å². The van der Waals surface area contributed by atoms with Gasteiger partial charge in [0.2, 0.25) is 0 Å². The first kappa shape index (κ1) is 11.5. The summed E-state index contributed by atoms with van der Waals surface area (Å²) in [5.41, 5.74) is 0. The number of nitrogens with one attached hydrogen (secondary N) is 1. The van der Waals surface area contributed by atoms with E-state index in [0.717, 1.165) is 50.9 Å². The zero-order valence-electron chi connectivity index (χ0n) is 9.91. The lowest BCUT2D eigenvalue weighted by Crippen LogP contribution is -2.23. The van der Waals surface area contributed by atoms with E-state index in [9.17, 15) is 0 Å². The van der Waals surface area contributed by atoms with E-state index in [1.54, 1.807) is 0 Å². The van der Waals surface area contributed by atoms with Crippen molar-refractivity contribution in [1.82, 2.24) is 20.1 Å². The average Bonchev–Trinajstić information content (AvgIpc) is 2.73. The molecule has 0 fully saturated rings. The third-order valence-corrected chi connectivity index (χ3v) is 2.85. The van der Waals surface area contributed by atoms with Gasteiger partial charge < -0.3 is 14.6 Å². The highest BCUT2D eigenvalue weighted by Gasteiger charge is 2.14. The summed E-state index contributed by atoms with van der Waals surface area (Å²) in [5.74, 6) is 2.21. The number of hydrogen-bond donors (Lipinski definition) is 1. The van der Waals surface area contributed by atoms with Crippen LogP contribution in [0.2, 0.25) is 0 Å². The first-order valence-electron chi connectivity index (χ1n) is 6.11. The fourth-order valence-corrected chi connectivity index (χ4v) is 1.99. The van der Waals surface area contributed by atoms with Gasteiger partial charge in [0.05, 0.1) is 13.2 Å². The predicted molar refractivity (Wildman–Crippen MR) is 61.2 cm³/mol. The molecule has 1 aromatic heterocycles. The van der Waals surface area contributed by atoms with E-state index in [-0.39, 0.29) is 0 Å². The molecule has 16 heavy (non-hydrogen) atoms. The molecule has 0 aromatic carbocycles. The maximum atomic E-state index is 5.26. The predicted octanol–water partition coefficient (Wildman–Crippen LogP) is 0.740. The molecule has 5 heteroatoms. The molecule has 1 N–H and O–H groups in total. The summed E-state index contributed by atoms with van der Waals surface area (Å²) in [4.78, 5) is 0. The van der Waals surface area contributed by atoms with Crippen molar-refractivity contribution in [2.75, 3.05) is 19.8 Å². The summed E-state index contributed by atoms with van der Waals surface area (Å²) in [6.07, 6.45) is 3.57. The monoisotopic (exact) mass is 224 g/mol. The molecular formula is C11H20N4O. The van der Waals surface area contributed by atoms with Crippen LogP contribution in [0.15, 0.2) is 0 Å². The SMILES string of the molecule is CCOCCNCc1nnc2n1CCCC2. The third-order valence-electron chi connectivity index (χ3n) is 2.85. The number of fused-ring (bicyclic) bond motifs is 1. The van der Waals surface area contributed by atoms with Gasteiger partial charge in [-0.1, -0.05) is 0 Å². The molecule has 0 aliphatic carbocycles. The normalized spacial score (nSPS) is 15.1. The van der Waals surface area contributed by atoms with Crippen molar-refractivity contribution in [1.29, 1.82) is 0 Å². The molecule has 0 atom stereocenters. The van der Waals surface area contributed by atoms with Crippen LogP contribution in [0.3, 0.4) is 0 Å². The zero-order chi connectivity index (χ0) is 11.2. The Balaban J connectivity index is 1.78. The quantitative estimate of drug-likeness (QED) is 0.724. The van der Waals surface area contributed by atoms with Crippen LogP contribution in [0, 0.1) is 0 Å². The third kappa shape index (κ3) is 2.80. The van der Waals surface area contributed by atoms with Crippen molar-refractivity contribution in [2.24, 2.45) is 0 Å². The second-order valence-corrected chi connectivity index (χ2v) is 4.01. The molecule has 2 heterocycles. The molecule has 0 radical (unpaired) electrons. The minimum Gasteiger partial charge on any atom is -0.380 e. The van der Waals surface area contributed by atoms with E-state index in [0.29, 0.717) is 0 Å². The van der Waals surface area contributed by atoms with Gasteiger partial charge in [-0.05, 0) is 19.8 Å². The molecule has 0 spiro atoms. The van der Waals surface area contributed by atoms with Crippen LogP contribution in [0.1, 0.15) is 31.4 Å². The van der Waals surface area contributed by atoms with Crippen molar-refractivity contribution in [3.63, 3.8) is 0 Å². The smallest absolute Gasteiger partial charge is 0.147 e. The standard InChI is InChI=1S/C11H20N4O/c1-2-16-8-6-12-9-11-14-13-10-5-3-4-7-15(10)11/h12H,2-9H2,1H3. The van der Waals surface area contributed by atoms with Crippen LogP contribution in [0.5, 0.6) is 0 Å². The van der Waals surface area contributed by atoms with E-state index in [1.807, 2.05) is 6.92 Å². The highest BCUT2D eigenvalue weighted by Crippen LogP contribution is 2.13. The van der Waals surface area contributed by atoms with Gasteiger partial charge in [0.15, 0.2) is 0 Å². The van der Waals surface area contributed by atoms with Crippen LogP contribution in [-0.2, 0) is 24.2 Å². The van der Waals surface area contributed by atoms with E-state index < -0.39 is 0 Å². The number of aromatic nitrogens is 3. The molecule has 0 bridgehead atoms. The summed E-state index contributed by atoms with van der Waals surface area (Å²) in [7, 11) is 0. The molecule has 1 aliphatic heterocycles. The van der Waals surface area contributed by atoms with Gasteiger partial charge in [-0.2, -0.15) is 0 Å². The molecular weight excluding hydrogens is 204 g/mol. The van der Waals surface area contributed by atoms with Gasteiger partial charge in [-0.15, -0.1) is 10.2 Å². The lowest BCUT2D eigenvalue weighted by molar-refractivity contribution is 0.149. The maximum absolute atomic E-state index is 5.26. The Labute approximate surface area is 96.2 Å². The van der Waals surface area contributed by atoms with Crippen molar-refractivity contribution >= 4 is 0 Å². The van der Waals surface area contributed by atoms with Gasteiger partial charge >= 0.3 is 0 Å². The highest BCUT2D eigenvalue weighted by atomic mass is 16.5. The minimum atomic E-state index is 0.761. The minimum absolute atomic E-state index is 0.761. The summed E-state index contributed by atoms with van der Waals surface area (Å²) in [6, 6.07) is 0. The number of hydrogen-bond acceptors (Lipinski definition) is 4. The Bertz CT molecular complexity index is 324. The lowest BCUT2D eigenvalue weighted by Gasteiger charge is -2.14. The van der Waals surface area contributed by atoms with Gasteiger partial charge in [0, 0.05) is 26.1 Å². The van der Waals surface area contributed by atoms with Crippen LogP contribution in [-0.4, -0.2) is 34.5 Å². The molecule has 1 aliphatic rings. The Hall–Kier alpha value is -0.940. The molecule has 0 saturated carbocycles. The van der Waals surface area contributed by atoms with Crippen LogP contribution in [0.4, 0.5) is 0 Å². The summed E-state index contributed by atoms with van der Waals surface area (Å²) >= 11 is 0.